The van der Waals surface area contributed by atoms with Crippen molar-refractivity contribution >= 4 is 6.09 Å². The lowest BCUT2D eigenvalue weighted by Crippen LogP contribution is -2.43. The minimum absolute atomic E-state index is 0.118. The summed E-state index contributed by atoms with van der Waals surface area (Å²) in [7, 11) is 2.19. The first-order chi connectivity index (χ1) is 10.2. The molecule has 1 heterocycles. The summed E-state index contributed by atoms with van der Waals surface area (Å²) >= 11 is 0. The summed E-state index contributed by atoms with van der Waals surface area (Å²) in [4.78, 5) is 14.1. The van der Waals surface area contributed by atoms with Crippen LogP contribution in [0.3, 0.4) is 0 Å². The van der Waals surface area contributed by atoms with Crippen LogP contribution in [0.5, 0.6) is 0 Å². The molecule has 0 aromatic rings. The molecule has 130 valence electrons. The van der Waals surface area contributed by atoms with Crippen LogP contribution in [0.2, 0.25) is 0 Å². The van der Waals surface area contributed by atoms with E-state index >= 15 is 0 Å². The highest BCUT2D eigenvalue weighted by molar-refractivity contribution is 5.67. The summed E-state index contributed by atoms with van der Waals surface area (Å²) in [6.45, 7) is 13.3. The Morgan fingerprint density at radius 2 is 1.86 bits per heavy atom. The normalized spacial score (nSPS) is 20.5. The molecule has 5 heteroatoms. The Labute approximate surface area is 136 Å². The van der Waals surface area contributed by atoms with E-state index in [1.54, 1.807) is 0 Å². The largest absolute Gasteiger partial charge is 0.444 e. The van der Waals surface area contributed by atoms with Crippen molar-refractivity contribution in [2.45, 2.75) is 71.6 Å². The van der Waals surface area contributed by atoms with Gasteiger partial charge in [-0.2, -0.15) is 0 Å². The van der Waals surface area contributed by atoms with Gasteiger partial charge in [0.15, 0.2) is 0 Å². The van der Waals surface area contributed by atoms with E-state index in [1.165, 1.54) is 25.9 Å². The van der Waals surface area contributed by atoms with Gasteiger partial charge in [0.05, 0.1) is 0 Å². The van der Waals surface area contributed by atoms with Gasteiger partial charge in [-0.25, -0.2) is 4.79 Å². The van der Waals surface area contributed by atoms with Crippen LogP contribution in [0.25, 0.3) is 0 Å². The van der Waals surface area contributed by atoms with Gasteiger partial charge in [-0.05, 0) is 86.5 Å². The topological polar surface area (TPSA) is 53.6 Å². The fraction of sp³-hybridized carbons (Fsp3) is 0.941. The Morgan fingerprint density at radius 1 is 1.27 bits per heavy atom. The summed E-state index contributed by atoms with van der Waals surface area (Å²) in [5, 5.41) is 6.50. The van der Waals surface area contributed by atoms with Gasteiger partial charge in [0.1, 0.15) is 5.60 Å². The zero-order chi connectivity index (χ0) is 16.8. The molecule has 1 saturated heterocycles. The maximum Gasteiger partial charge on any atom is 0.407 e. The highest BCUT2D eigenvalue weighted by Gasteiger charge is 2.22. The summed E-state index contributed by atoms with van der Waals surface area (Å²) < 4.78 is 5.27. The highest BCUT2D eigenvalue weighted by atomic mass is 16.6. The van der Waals surface area contributed by atoms with Crippen molar-refractivity contribution in [3.05, 3.63) is 0 Å². The Bertz CT molecular complexity index is 333. The molecule has 0 aliphatic carbocycles. The number of carbonyl (C=O) groups excluding carboxylic acids is 1. The zero-order valence-corrected chi connectivity index (χ0v) is 15.2. The Balaban J connectivity index is 2.16. The summed E-state index contributed by atoms with van der Waals surface area (Å²) in [6.07, 6.45) is 3.13. The molecule has 0 aromatic heterocycles. The summed E-state index contributed by atoms with van der Waals surface area (Å²) in [5.74, 6) is 0.769. The number of alkyl carbamates (subject to hydrolysis) is 1. The standard InChI is InChI=1S/C17H35N3O2/c1-13(19-16(21)22-17(3,4)5)7-10-18-14(2)15-8-11-20(6)12-9-15/h13-15,18H,7-12H2,1-6H3,(H,19,21). The minimum atomic E-state index is -0.440. The van der Waals surface area contributed by atoms with Crippen molar-refractivity contribution < 1.29 is 9.53 Å². The van der Waals surface area contributed by atoms with Gasteiger partial charge in [-0.3, -0.25) is 0 Å². The second-order valence-corrected chi connectivity index (χ2v) is 7.72. The molecule has 1 fully saturated rings. The van der Waals surface area contributed by atoms with Crippen molar-refractivity contribution in [3.63, 3.8) is 0 Å². The Morgan fingerprint density at radius 3 is 2.41 bits per heavy atom. The average Bonchev–Trinajstić information content (AvgIpc) is 2.36. The number of piperidine rings is 1. The van der Waals surface area contributed by atoms with E-state index < -0.39 is 5.60 Å². The van der Waals surface area contributed by atoms with Crippen LogP contribution in [0.15, 0.2) is 0 Å². The van der Waals surface area contributed by atoms with E-state index in [4.69, 9.17) is 4.74 Å². The molecule has 1 aliphatic rings. The molecule has 0 bridgehead atoms. The van der Waals surface area contributed by atoms with Crippen molar-refractivity contribution in [3.8, 4) is 0 Å². The van der Waals surface area contributed by atoms with Crippen LogP contribution in [0.4, 0.5) is 4.79 Å². The van der Waals surface area contributed by atoms with Crippen LogP contribution in [0, 0.1) is 5.92 Å². The SMILES string of the molecule is CC(CCNC(C)C1CCN(C)CC1)NC(=O)OC(C)(C)C. The fourth-order valence-electron chi connectivity index (χ4n) is 2.80. The maximum atomic E-state index is 11.7. The van der Waals surface area contributed by atoms with E-state index in [9.17, 15) is 4.79 Å². The molecule has 0 saturated carbocycles. The maximum absolute atomic E-state index is 11.7. The predicted molar refractivity (Wildman–Crippen MR) is 91.1 cm³/mol. The van der Waals surface area contributed by atoms with Crippen molar-refractivity contribution in [2.24, 2.45) is 5.92 Å². The van der Waals surface area contributed by atoms with E-state index in [0.29, 0.717) is 6.04 Å². The number of hydrogen-bond donors (Lipinski definition) is 2. The molecule has 0 radical (unpaired) electrons. The lowest BCUT2D eigenvalue weighted by atomic mass is 9.90. The molecule has 1 rings (SSSR count). The molecule has 5 nitrogen and oxygen atoms in total. The second-order valence-electron chi connectivity index (χ2n) is 7.72. The number of likely N-dealkylation sites (tertiary alicyclic amines) is 1. The van der Waals surface area contributed by atoms with Crippen LogP contribution in [-0.4, -0.2) is 55.4 Å². The van der Waals surface area contributed by atoms with Gasteiger partial charge < -0.3 is 20.3 Å². The van der Waals surface area contributed by atoms with Crippen LogP contribution in [-0.2, 0) is 4.74 Å². The van der Waals surface area contributed by atoms with Gasteiger partial charge in [0.2, 0.25) is 0 Å². The third-order valence-electron chi connectivity index (χ3n) is 4.28. The Hall–Kier alpha value is -0.810. The number of ether oxygens (including phenoxy) is 1. The predicted octanol–water partition coefficient (Wildman–Crippen LogP) is 2.61. The van der Waals surface area contributed by atoms with Crippen molar-refractivity contribution in [2.75, 3.05) is 26.7 Å². The molecule has 0 aromatic carbocycles. The molecule has 1 aliphatic heterocycles. The average molecular weight is 313 g/mol. The van der Waals surface area contributed by atoms with Crippen LogP contribution < -0.4 is 10.6 Å². The van der Waals surface area contributed by atoms with Crippen LogP contribution in [0.1, 0.15) is 53.9 Å². The lowest BCUT2D eigenvalue weighted by Gasteiger charge is -2.33. The molecular formula is C17H35N3O2. The van der Waals surface area contributed by atoms with Crippen molar-refractivity contribution in [1.29, 1.82) is 0 Å². The number of hydrogen-bond acceptors (Lipinski definition) is 4. The molecule has 1 amide bonds. The van der Waals surface area contributed by atoms with Gasteiger partial charge in [-0.15, -0.1) is 0 Å². The Kier molecular flexibility index (Phi) is 7.63. The number of rotatable bonds is 6. The van der Waals surface area contributed by atoms with E-state index in [2.05, 4.69) is 29.5 Å². The first kappa shape index (κ1) is 19.2. The molecule has 2 unspecified atom stereocenters. The van der Waals surface area contributed by atoms with Gasteiger partial charge in [0, 0.05) is 12.1 Å². The van der Waals surface area contributed by atoms with Crippen LogP contribution >= 0.6 is 0 Å². The summed E-state index contributed by atoms with van der Waals surface area (Å²) in [6, 6.07) is 0.662. The first-order valence-electron chi connectivity index (χ1n) is 8.59. The first-order valence-corrected chi connectivity index (χ1v) is 8.59. The molecule has 2 N–H and O–H groups in total. The lowest BCUT2D eigenvalue weighted by molar-refractivity contribution is 0.0506. The molecule has 0 spiro atoms. The summed E-state index contributed by atoms with van der Waals surface area (Å²) in [5.41, 5.74) is -0.440. The number of nitrogens with one attached hydrogen (secondary N) is 2. The zero-order valence-electron chi connectivity index (χ0n) is 15.2. The quantitative estimate of drug-likeness (QED) is 0.791. The third-order valence-corrected chi connectivity index (χ3v) is 4.28. The van der Waals surface area contributed by atoms with E-state index in [0.717, 1.165) is 18.9 Å². The highest BCUT2D eigenvalue weighted by Crippen LogP contribution is 2.19. The van der Waals surface area contributed by atoms with Gasteiger partial charge in [0.25, 0.3) is 0 Å². The third kappa shape index (κ3) is 7.99. The van der Waals surface area contributed by atoms with Gasteiger partial charge >= 0.3 is 6.09 Å². The molecule has 22 heavy (non-hydrogen) atoms. The fourth-order valence-corrected chi connectivity index (χ4v) is 2.80. The van der Waals surface area contributed by atoms with Gasteiger partial charge in [-0.1, -0.05) is 0 Å². The smallest absolute Gasteiger partial charge is 0.407 e. The van der Waals surface area contributed by atoms with E-state index in [1.807, 2.05) is 27.7 Å². The monoisotopic (exact) mass is 313 g/mol. The number of nitrogens with zero attached hydrogens (tertiary/aromatic N) is 1. The second kappa shape index (κ2) is 8.73. The minimum Gasteiger partial charge on any atom is -0.444 e. The number of amides is 1. The molecular weight excluding hydrogens is 278 g/mol. The molecule has 2 atom stereocenters. The number of carbonyl (C=O) groups is 1. The van der Waals surface area contributed by atoms with E-state index in [-0.39, 0.29) is 12.1 Å². The van der Waals surface area contributed by atoms with Crippen molar-refractivity contribution in [1.82, 2.24) is 15.5 Å².